The van der Waals surface area contributed by atoms with Crippen LogP contribution in [0, 0.1) is 0 Å². The Kier molecular flexibility index (Phi) is 3.33. The van der Waals surface area contributed by atoms with E-state index in [0.29, 0.717) is 4.68 Å². The number of rotatable bonds is 4. The second-order valence-electron chi connectivity index (χ2n) is 3.31. The third kappa shape index (κ3) is 2.41. The lowest BCUT2D eigenvalue weighted by atomic mass is 10.1. The number of aliphatic hydroxyl groups is 1. The SMILES string of the molecule is OC(C(F)c1ccccn1)C(F)n1cnnn1. The molecule has 0 aliphatic heterocycles. The van der Waals surface area contributed by atoms with E-state index in [0.717, 1.165) is 6.33 Å². The summed E-state index contributed by atoms with van der Waals surface area (Å²) in [6, 6.07) is 4.50. The molecule has 0 aromatic carbocycles. The Labute approximate surface area is 94.9 Å². The molecule has 0 aliphatic carbocycles. The van der Waals surface area contributed by atoms with Crippen LogP contribution >= 0.6 is 0 Å². The van der Waals surface area contributed by atoms with Crippen LogP contribution in [0.15, 0.2) is 30.7 Å². The van der Waals surface area contributed by atoms with Gasteiger partial charge >= 0.3 is 0 Å². The molecule has 1 N–H and O–H groups in total. The minimum absolute atomic E-state index is 0.0456. The number of alkyl halides is 2. The minimum atomic E-state index is -2.07. The number of aromatic nitrogens is 5. The Morgan fingerprint density at radius 3 is 2.71 bits per heavy atom. The Morgan fingerprint density at radius 1 is 1.29 bits per heavy atom. The van der Waals surface area contributed by atoms with Crippen molar-refractivity contribution in [3.8, 4) is 0 Å². The summed E-state index contributed by atoms with van der Waals surface area (Å²) >= 11 is 0. The van der Waals surface area contributed by atoms with Gasteiger partial charge in [-0.2, -0.15) is 4.68 Å². The molecule has 0 saturated heterocycles. The Bertz CT molecular complexity index is 452. The maximum atomic E-state index is 13.7. The zero-order valence-electron chi connectivity index (χ0n) is 8.56. The largest absolute Gasteiger partial charge is 0.385 e. The van der Waals surface area contributed by atoms with Gasteiger partial charge in [-0.3, -0.25) is 4.98 Å². The van der Waals surface area contributed by atoms with E-state index >= 15 is 0 Å². The van der Waals surface area contributed by atoms with E-state index in [2.05, 4.69) is 20.5 Å². The Morgan fingerprint density at radius 2 is 2.12 bits per heavy atom. The summed E-state index contributed by atoms with van der Waals surface area (Å²) in [4.78, 5) is 3.70. The van der Waals surface area contributed by atoms with Crippen LogP contribution in [0.5, 0.6) is 0 Å². The molecule has 2 aromatic rings. The average molecular weight is 241 g/mol. The van der Waals surface area contributed by atoms with Gasteiger partial charge in [-0.1, -0.05) is 6.07 Å². The zero-order valence-corrected chi connectivity index (χ0v) is 8.56. The van der Waals surface area contributed by atoms with Crippen molar-refractivity contribution in [3.05, 3.63) is 36.4 Å². The summed E-state index contributed by atoms with van der Waals surface area (Å²) in [7, 11) is 0. The van der Waals surface area contributed by atoms with Gasteiger partial charge in [0.2, 0.25) is 6.30 Å². The maximum Gasteiger partial charge on any atom is 0.224 e. The van der Waals surface area contributed by atoms with Crippen LogP contribution in [0.1, 0.15) is 18.2 Å². The molecular formula is C9H9F2N5O. The van der Waals surface area contributed by atoms with Crippen LogP contribution in [0.25, 0.3) is 0 Å². The number of aliphatic hydroxyl groups excluding tert-OH is 1. The van der Waals surface area contributed by atoms with Gasteiger partial charge in [0.25, 0.3) is 0 Å². The zero-order chi connectivity index (χ0) is 12.3. The maximum absolute atomic E-state index is 13.7. The summed E-state index contributed by atoms with van der Waals surface area (Å²) in [5, 5.41) is 19.2. The number of hydrogen-bond acceptors (Lipinski definition) is 5. The van der Waals surface area contributed by atoms with E-state index in [-0.39, 0.29) is 5.69 Å². The molecule has 0 saturated carbocycles. The highest BCUT2D eigenvalue weighted by Gasteiger charge is 2.31. The summed E-state index contributed by atoms with van der Waals surface area (Å²) < 4.78 is 28.0. The molecule has 0 amide bonds. The molecule has 0 radical (unpaired) electrons. The number of halogens is 2. The van der Waals surface area contributed by atoms with Gasteiger partial charge in [-0.25, -0.2) is 8.78 Å². The summed E-state index contributed by atoms with van der Waals surface area (Å²) in [5.41, 5.74) is -0.0456. The van der Waals surface area contributed by atoms with E-state index in [9.17, 15) is 13.9 Å². The number of hydrogen-bond donors (Lipinski definition) is 1. The van der Waals surface area contributed by atoms with Crippen LogP contribution in [0.3, 0.4) is 0 Å². The van der Waals surface area contributed by atoms with Crippen molar-refractivity contribution in [1.82, 2.24) is 25.2 Å². The third-order valence-corrected chi connectivity index (χ3v) is 2.17. The lowest BCUT2D eigenvalue weighted by molar-refractivity contribution is -0.0294. The van der Waals surface area contributed by atoms with Gasteiger partial charge in [0.15, 0.2) is 6.17 Å². The highest BCUT2D eigenvalue weighted by Crippen LogP contribution is 2.27. The summed E-state index contributed by atoms with van der Waals surface area (Å²) in [6.07, 6.45) is -3.62. The van der Waals surface area contributed by atoms with Crippen LogP contribution in [0.2, 0.25) is 0 Å². The molecule has 3 unspecified atom stereocenters. The van der Waals surface area contributed by atoms with E-state index < -0.39 is 18.6 Å². The predicted molar refractivity (Wildman–Crippen MR) is 52.1 cm³/mol. The molecule has 3 atom stereocenters. The number of pyridine rings is 1. The molecular weight excluding hydrogens is 232 g/mol. The van der Waals surface area contributed by atoms with E-state index in [4.69, 9.17) is 0 Å². The van der Waals surface area contributed by atoms with Crippen molar-refractivity contribution in [2.75, 3.05) is 0 Å². The van der Waals surface area contributed by atoms with Gasteiger partial charge in [-0.05, 0) is 22.6 Å². The molecule has 8 heteroatoms. The smallest absolute Gasteiger partial charge is 0.224 e. The number of nitrogens with zero attached hydrogens (tertiary/aromatic N) is 5. The highest BCUT2D eigenvalue weighted by atomic mass is 19.1. The first kappa shape index (κ1) is 11.5. The first-order chi connectivity index (χ1) is 8.20. The molecule has 2 heterocycles. The molecule has 0 bridgehead atoms. The molecule has 17 heavy (non-hydrogen) atoms. The fraction of sp³-hybridized carbons (Fsp3) is 0.333. The van der Waals surface area contributed by atoms with E-state index in [1.807, 2.05) is 0 Å². The third-order valence-electron chi connectivity index (χ3n) is 2.17. The first-order valence-corrected chi connectivity index (χ1v) is 4.80. The monoisotopic (exact) mass is 241 g/mol. The predicted octanol–water partition coefficient (Wildman–Crippen LogP) is 0.608. The van der Waals surface area contributed by atoms with Crippen LogP contribution in [-0.4, -0.2) is 36.4 Å². The molecule has 2 rings (SSSR count). The highest BCUT2D eigenvalue weighted by molar-refractivity contribution is 5.08. The first-order valence-electron chi connectivity index (χ1n) is 4.80. The molecule has 2 aromatic heterocycles. The van der Waals surface area contributed by atoms with Gasteiger partial charge in [0.1, 0.15) is 12.4 Å². The fourth-order valence-electron chi connectivity index (χ4n) is 1.29. The lowest BCUT2D eigenvalue weighted by Crippen LogP contribution is -2.26. The quantitative estimate of drug-likeness (QED) is 0.848. The lowest BCUT2D eigenvalue weighted by Gasteiger charge is -2.18. The second-order valence-corrected chi connectivity index (χ2v) is 3.31. The normalized spacial score (nSPS) is 16.4. The molecule has 0 fully saturated rings. The molecule has 6 nitrogen and oxygen atoms in total. The van der Waals surface area contributed by atoms with Gasteiger partial charge in [0, 0.05) is 6.20 Å². The Hall–Kier alpha value is -1.96. The average Bonchev–Trinajstić information content (AvgIpc) is 2.91. The van der Waals surface area contributed by atoms with Gasteiger partial charge < -0.3 is 5.11 Å². The molecule has 0 aliphatic rings. The molecule has 0 spiro atoms. The van der Waals surface area contributed by atoms with Crippen molar-refractivity contribution in [2.24, 2.45) is 0 Å². The molecule has 90 valence electrons. The topological polar surface area (TPSA) is 76.7 Å². The van der Waals surface area contributed by atoms with Gasteiger partial charge in [0.05, 0.1) is 5.69 Å². The van der Waals surface area contributed by atoms with Crippen molar-refractivity contribution < 1.29 is 13.9 Å². The second kappa shape index (κ2) is 4.91. The summed E-state index contributed by atoms with van der Waals surface area (Å²) in [6.45, 7) is 0. The van der Waals surface area contributed by atoms with Crippen molar-refractivity contribution >= 4 is 0 Å². The van der Waals surface area contributed by atoms with Crippen molar-refractivity contribution in [1.29, 1.82) is 0 Å². The minimum Gasteiger partial charge on any atom is -0.385 e. The van der Waals surface area contributed by atoms with Crippen molar-refractivity contribution in [3.63, 3.8) is 0 Å². The number of tetrazole rings is 1. The standard InChI is InChI=1S/C9H9F2N5O/c10-7(6-3-1-2-4-12-6)8(17)9(11)16-5-13-14-15-16/h1-5,7-9,17H. The van der Waals surface area contributed by atoms with Gasteiger partial charge in [-0.15, -0.1) is 5.10 Å². The Balaban J connectivity index is 2.12. The van der Waals surface area contributed by atoms with E-state index in [1.54, 1.807) is 12.1 Å². The van der Waals surface area contributed by atoms with E-state index in [1.165, 1.54) is 12.3 Å². The van der Waals surface area contributed by atoms with Crippen LogP contribution < -0.4 is 0 Å². The van der Waals surface area contributed by atoms with Crippen LogP contribution in [-0.2, 0) is 0 Å². The van der Waals surface area contributed by atoms with Crippen molar-refractivity contribution in [2.45, 2.75) is 18.6 Å². The fourth-order valence-corrected chi connectivity index (χ4v) is 1.29. The van der Waals surface area contributed by atoms with Crippen LogP contribution in [0.4, 0.5) is 8.78 Å². The summed E-state index contributed by atoms with van der Waals surface area (Å²) in [5.74, 6) is 0.